The molecule has 0 heteroatoms. The second-order valence-electron chi connectivity index (χ2n) is 5.83. The minimum absolute atomic E-state index is 0.445. The number of benzene rings is 1. The Morgan fingerprint density at radius 3 is 2.62 bits per heavy atom. The van der Waals surface area contributed by atoms with Gasteiger partial charge in [0.05, 0.1) is 0 Å². The number of rotatable bonds is 0. The summed E-state index contributed by atoms with van der Waals surface area (Å²) in [5.41, 5.74) is 4.27. The number of fused-ring (bicyclic) bond motifs is 1. The maximum Gasteiger partial charge on any atom is 0.0226 e. The van der Waals surface area contributed by atoms with Gasteiger partial charge in [0.1, 0.15) is 0 Å². The maximum atomic E-state index is 2.53. The van der Waals surface area contributed by atoms with Gasteiger partial charge >= 0.3 is 0 Å². The van der Waals surface area contributed by atoms with E-state index in [-0.39, 0.29) is 0 Å². The largest absolute Gasteiger partial charge is 0.0802 e. The molecule has 0 bridgehead atoms. The van der Waals surface area contributed by atoms with Gasteiger partial charge in [-0.1, -0.05) is 49.3 Å². The SMILES string of the molecule is C1=CC23CCCCC12CCc1ccccc13. The Labute approximate surface area is 97.4 Å². The summed E-state index contributed by atoms with van der Waals surface area (Å²) in [6, 6.07) is 9.16. The van der Waals surface area contributed by atoms with E-state index in [4.69, 9.17) is 0 Å². The molecule has 0 aliphatic heterocycles. The lowest BCUT2D eigenvalue weighted by atomic mass is 9.43. The molecule has 1 aromatic carbocycles. The fourth-order valence-electron chi connectivity index (χ4n) is 4.46. The van der Waals surface area contributed by atoms with E-state index in [1.165, 1.54) is 38.5 Å². The molecule has 0 amide bonds. The van der Waals surface area contributed by atoms with Gasteiger partial charge < -0.3 is 0 Å². The van der Waals surface area contributed by atoms with E-state index in [1.807, 2.05) is 0 Å². The van der Waals surface area contributed by atoms with Crippen LogP contribution in [0.15, 0.2) is 36.4 Å². The molecule has 16 heavy (non-hydrogen) atoms. The van der Waals surface area contributed by atoms with Gasteiger partial charge in [0, 0.05) is 10.8 Å². The van der Waals surface area contributed by atoms with E-state index in [1.54, 1.807) is 11.1 Å². The quantitative estimate of drug-likeness (QED) is 0.568. The molecular weight excluding hydrogens is 192 g/mol. The van der Waals surface area contributed by atoms with Crippen molar-refractivity contribution in [3.8, 4) is 0 Å². The standard InChI is InChI=1S/C16H18/c1-2-6-14-13(5-1)7-10-15-8-3-4-9-16(14,15)12-11-15/h1-2,5-6,11-12H,3-4,7-10H2. The summed E-state index contributed by atoms with van der Waals surface area (Å²) in [6.45, 7) is 0. The van der Waals surface area contributed by atoms with E-state index >= 15 is 0 Å². The molecule has 0 heterocycles. The predicted molar refractivity (Wildman–Crippen MR) is 66.5 cm³/mol. The molecule has 1 fully saturated rings. The molecule has 4 rings (SSSR count). The minimum atomic E-state index is 0.445. The third kappa shape index (κ3) is 0.841. The first-order valence-electron chi connectivity index (χ1n) is 6.65. The van der Waals surface area contributed by atoms with Gasteiger partial charge in [0.2, 0.25) is 0 Å². The first-order chi connectivity index (χ1) is 7.86. The molecule has 3 aliphatic carbocycles. The summed E-state index contributed by atoms with van der Waals surface area (Å²) in [5, 5.41) is 0. The third-order valence-corrected chi connectivity index (χ3v) is 5.36. The molecule has 1 saturated carbocycles. The lowest BCUT2D eigenvalue weighted by molar-refractivity contribution is 0.0906. The lowest BCUT2D eigenvalue weighted by Crippen LogP contribution is -2.54. The fourth-order valence-corrected chi connectivity index (χ4v) is 4.46. The number of allylic oxidation sites excluding steroid dienone is 2. The molecular formula is C16H18. The summed E-state index contributed by atoms with van der Waals surface area (Å²) >= 11 is 0. The zero-order valence-corrected chi connectivity index (χ0v) is 9.71. The van der Waals surface area contributed by atoms with Crippen molar-refractivity contribution in [2.75, 3.05) is 0 Å². The maximum absolute atomic E-state index is 2.53. The van der Waals surface area contributed by atoms with Crippen LogP contribution in [-0.2, 0) is 11.8 Å². The zero-order chi connectivity index (χ0) is 10.6. The molecule has 0 saturated heterocycles. The highest BCUT2D eigenvalue weighted by molar-refractivity contribution is 5.51. The highest BCUT2D eigenvalue weighted by Crippen LogP contribution is 2.64. The summed E-state index contributed by atoms with van der Waals surface area (Å²) in [7, 11) is 0. The van der Waals surface area contributed by atoms with E-state index in [9.17, 15) is 0 Å². The van der Waals surface area contributed by atoms with Crippen LogP contribution in [0.2, 0.25) is 0 Å². The van der Waals surface area contributed by atoms with Gasteiger partial charge in [-0.3, -0.25) is 0 Å². The molecule has 0 spiro atoms. The third-order valence-electron chi connectivity index (χ3n) is 5.36. The van der Waals surface area contributed by atoms with Gasteiger partial charge in [-0.05, 0) is 36.8 Å². The Kier molecular flexibility index (Phi) is 1.58. The van der Waals surface area contributed by atoms with Crippen LogP contribution < -0.4 is 0 Å². The Morgan fingerprint density at radius 2 is 1.75 bits per heavy atom. The van der Waals surface area contributed by atoms with Crippen molar-refractivity contribution in [3.05, 3.63) is 47.5 Å². The van der Waals surface area contributed by atoms with Gasteiger partial charge in [0.15, 0.2) is 0 Å². The van der Waals surface area contributed by atoms with Crippen LogP contribution in [0.1, 0.15) is 43.2 Å². The van der Waals surface area contributed by atoms with Crippen LogP contribution in [0, 0.1) is 5.41 Å². The molecule has 0 N–H and O–H groups in total. The Balaban J connectivity index is 1.95. The molecule has 2 atom stereocenters. The Hall–Kier alpha value is -1.04. The van der Waals surface area contributed by atoms with Crippen molar-refractivity contribution < 1.29 is 0 Å². The van der Waals surface area contributed by atoms with E-state index in [0.717, 1.165) is 0 Å². The van der Waals surface area contributed by atoms with E-state index < -0.39 is 0 Å². The topological polar surface area (TPSA) is 0 Å². The van der Waals surface area contributed by atoms with Crippen LogP contribution in [0.3, 0.4) is 0 Å². The number of aryl methyl sites for hydroxylation is 1. The molecule has 0 aromatic heterocycles. The van der Waals surface area contributed by atoms with Crippen LogP contribution in [0.5, 0.6) is 0 Å². The lowest BCUT2D eigenvalue weighted by Gasteiger charge is -2.60. The summed E-state index contributed by atoms with van der Waals surface area (Å²) < 4.78 is 0. The normalized spacial score (nSPS) is 39.2. The van der Waals surface area contributed by atoms with Crippen molar-refractivity contribution in [1.82, 2.24) is 0 Å². The zero-order valence-electron chi connectivity index (χ0n) is 9.71. The summed E-state index contributed by atoms with van der Waals surface area (Å²) in [5.74, 6) is 0. The smallest absolute Gasteiger partial charge is 0.0226 e. The van der Waals surface area contributed by atoms with Gasteiger partial charge in [-0.15, -0.1) is 0 Å². The van der Waals surface area contributed by atoms with Crippen LogP contribution in [0.4, 0.5) is 0 Å². The van der Waals surface area contributed by atoms with Crippen molar-refractivity contribution in [1.29, 1.82) is 0 Å². The van der Waals surface area contributed by atoms with E-state index in [2.05, 4.69) is 36.4 Å². The second-order valence-corrected chi connectivity index (χ2v) is 5.83. The van der Waals surface area contributed by atoms with Crippen LogP contribution >= 0.6 is 0 Å². The van der Waals surface area contributed by atoms with Crippen molar-refractivity contribution in [2.45, 2.75) is 43.9 Å². The highest BCUT2D eigenvalue weighted by Gasteiger charge is 2.57. The first-order valence-corrected chi connectivity index (χ1v) is 6.65. The van der Waals surface area contributed by atoms with E-state index in [0.29, 0.717) is 10.8 Å². The Bertz CT molecular complexity index is 471. The number of hydrogen-bond donors (Lipinski definition) is 0. The van der Waals surface area contributed by atoms with Crippen molar-refractivity contribution >= 4 is 0 Å². The number of hydrogen-bond acceptors (Lipinski definition) is 0. The van der Waals surface area contributed by atoms with Crippen LogP contribution in [-0.4, -0.2) is 0 Å². The van der Waals surface area contributed by atoms with Crippen molar-refractivity contribution in [2.24, 2.45) is 5.41 Å². The monoisotopic (exact) mass is 210 g/mol. The fraction of sp³-hybridized carbons (Fsp3) is 0.500. The molecule has 0 nitrogen and oxygen atoms in total. The molecule has 3 aliphatic rings. The highest BCUT2D eigenvalue weighted by atomic mass is 14.6. The first kappa shape index (κ1) is 9.04. The summed E-state index contributed by atoms with van der Waals surface area (Å²) in [4.78, 5) is 0. The molecule has 0 radical (unpaired) electrons. The summed E-state index contributed by atoms with van der Waals surface area (Å²) in [6.07, 6.45) is 13.4. The predicted octanol–water partition coefficient (Wildman–Crippen LogP) is 4.00. The average Bonchev–Trinajstić information content (AvgIpc) is 2.31. The molecule has 2 unspecified atom stereocenters. The minimum Gasteiger partial charge on any atom is -0.0802 e. The second kappa shape index (κ2) is 2.80. The van der Waals surface area contributed by atoms with Crippen molar-refractivity contribution in [3.63, 3.8) is 0 Å². The van der Waals surface area contributed by atoms with Gasteiger partial charge in [0.25, 0.3) is 0 Å². The van der Waals surface area contributed by atoms with Crippen LogP contribution in [0.25, 0.3) is 0 Å². The average molecular weight is 210 g/mol. The van der Waals surface area contributed by atoms with Gasteiger partial charge in [-0.2, -0.15) is 0 Å². The Morgan fingerprint density at radius 1 is 0.875 bits per heavy atom. The molecule has 82 valence electrons. The molecule has 1 aromatic rings. The van der Waals surface area contributed by atoms with Gasteiger partial charge in [-0.25, -0.2) is 0 Å².